The molecular weight excluding hydrogens is 558 g/mol. The molecule has 8 aromatic carbocycles. The van der Waals surface area contributed by atoms with Crippen molar-refractivity contribution in [3.05, 3.63) is 158 Å². The summed E-state index contributed by atoms with van der Waals surface area (Å²) in [6.45, 7) is 0. The van der Waals surface area contributed by atoms with E-state index in [1.54, 1.807) is 0 Å². The average molecular weight is 586 g/mol. The molecule has 0 radical (unpaired) electrons. The zero-order valence-corrected chi connectivity index (χ0v) is 24.9. The maximum atomic E-state index is 6.20. The second-order valence-corrected chi connectivity index (χ2v) is 12.1. The van der Waals surface area contributed by atoms with E-state index in [1.165, 1.54) is 76.7 Å². The van der Waals surface area contributed by atoms with E-state index < -0.39 is 0 Å². The molecule has 214 valence electrons. The van der Waals surface area contributed by atoms with E-state index in [1.807, 2.05) is 12.1 Å². The lowest BCUT2D eigenvalue weighted by Gasteiger charge is -2.10. The minimum atomic E-state index is 0.915. The monoisotopic (exact) mass is 585 g/mol. The summed E-state index contributed by atoms with van der Waals surface area (Å²) in [6, 6.07) is 56.6. The number of H-pyrrole nitrogens is 1. The molecule has 0 saturated heterocycles. The van der Waals surface area contributed by atoms with E-state index in [2.05, 4.69) is 151 Å². The van der Waals surface area contributed by atoms with Gasteiger partial charge in [0.15, 0.2) is 0 Å². The number of fused-ring (bicyclic) bond motifs is 11. The fraction of sp³-hybridized carbons (Fsp3) is 0. The molecule has 0 atom stereocenters. The van der Waals surface area contributed by atoms with Crippen LogP contribution in [0.2, 0.25) is 0 Å². The molecule has 0 spiro atoms. The number of furan rings is 1. The summed E-state index contributed by atoms with van der Waals surface area (Å²) >= 11 is 0. The third kappa shape index (κ3) is 3.65. The van der Waals surface area contributed by atoms with Crippen LogP contribution in [-0.2, 0) is 0 Å². The first-order valence-corrected chi connectivity index (χ1v) is 15.8. The first-order valence-electron chi connectivity index (χ1n) is 15.8. The fourth-order valence-electron chi connectivity index (χ4n) is 7.56. The Kier molecular flexibility index (Phi) is 5.31. The number of aromatic amines is 1. The Hall–Kier alpha value is -6.12. The summed E-state index contributed by atoms with van der Waals surface area (Å²) in [5.41, 5.74) is 11.3. The summed E-state index contributed by atoms with van der Waals surface area (Å²) in [6.07, 6.45) is 0. The third-order valence-electron chi connectivity index (χ3n) is 9.60. The Morgan fingerprint density at radius 2 is 0.848 bits per heavy atom. The number of hydrogen-bond donors (Lipinski definition) is 1. The van der Waals surface area contributed by atoms with Crippen LogP contribution in [0.15, 0.2) is 162 Å². The van der Waals surface area contributed by atoms with Gasteiger partial charge in [0.05, 0.1) is 11.0 Å². The van der Waals surface area contributed by atoms with Crippen molar-refractivity contribution in [1.82, 2.24) is 4.98 Å². The van der Waals surface area contributed by atoms with Crippen molar-refractivity contribution in [2.75, 3.05) is 0 Å². The molecule has 2 heterocycles. The molecule has 2 heteroatoms. The predicted octanol–water partition coefficient (Wildman–Crippen LogP) is 12.5. The van der Waals surface area contributed by atoms with Crippen LogP contribution in [-0.4, -0.2) is 4.98 Å². The van der Waals surface area contributed by atoms with Gasteiger partial charge in [-0.05, 0) is 68.2 Å². The molecule has 0 bridgehead atoms. The summed E-state index contributed by atoms with van der Waals surface area (Å²) in [5.74, 6) is 0. The molecule has 0 fully saturated rings. The lowest BCUT2D eigenvalue weighted by atomic mass is 9.93. The van der Waals surface area contributed by atoms with Gasteiger partial charge in [-0.1, -0.05) is 133 Å². The Morgan fingerprint density at radius 1 is 0.326 bits per heavy atom. The van der Waals surface area contributed by atoms with Crippen molar-refractivity contribution in [1.29, 1.82) is 0 Å². The number of benzene rings is 8. The van der Waals surface area contributed by atoms with Gasteiger partial charge in [-0.2, -0.15) is 0 Å². The lowest BCUT2D eigenvalue weighted by molar-refractivity contribution is 0.669. The van der Waals surface area contributed by atoms with E-state index in [9.17, 15) is 0 Å². The van der Waals surface area contributed by atoms with Crippen molar-refractivity contribution in [2.45, 2.75) is 0 Å². The van der Waals surface area contributed by atoms with Crippen LogP contribution in [0, 0.1) is 0 Å². The van der Waals surface area contributed by atoms with Gasteiger partial charge in [0.1, 0.15) is 11.2 Å². The number of aromatic nitrogens is 1. The highest BCUT2D eigenvalue weighted by Gasteiger charge is 2.17. The first-order chi connectivity index (χ1) is 22.8. The predicted molar refractivity (Wildman–Crippen MR) is 194 cm³/mol. The zero-order chi connectivity index (χ0) is 30.2. The van der Waals surface area contributed by atoms with E-state index in [0.717, 1.165) is 21.9 Å². The normalized spacial score (nSPS) is 11.9. The molecule has 1 N–H and O–H groups in total. The molecule has 2 aromatic heterocycles. The van der Waals surface area contributed by atoms with Gasteiger partial charge < -0.3 is 9.40 Å². The van der Waals surface area contributed by atoms with E-state index in [0.29, 0.717) is 0 Å². The summed E-state index contributed by atoms with van der Waals surface area (Å²) < 4.78 is 6.20. The van der Waals surface area contributed by atoms with Gasteiger partial charge in [-0.25, -0.2) is 0 Å². The molecule has 0 saturated carbocycles. The third-order valence-corrected chi connectivity index (χ3v) is 9.60. The summed E-state index contributed by atoms with van der Waals surface area (Å²) in [7, 11) is 0. The fourth-order valence-corrected chi connectivity index (χ4v) is 7.56. The maximum Gasteiger partial charge on any atom is 0.136 e. The number of rotatable bonds is 3. The Balaban J connectivity index is 1.15. The molecule has 10 aromatic rings. The van der Waals surface area contributed by atoms with E-state index >= 15 is 0 Å². The number of para-hydroxylation sites is 2. The van der Waals surface area contributed by atoms with Gasteiger partial charge in [-0.3, -0.25) is 0 Å². The second kappa shape index (κ2) is 9.69. The van der Waals surface area contributed by atoms with Crippen molar-refractivity contribution in [3.8, 4) is 33.4 Å². The molecule has 0 unspecified atom stereocenters. The van der Waals surface area contributed by atoms with Gasteiger partial charge in [-0.15, -0.1) is 0 Å². The maximum absolute atomic E-state index is 6.20. The number of nitrogens with one attached hydrogen (secondary N) is 1. The van der Waals surface area contributed by atoms with Crippen LogP contribution in [0.1, 0.15) is 0 Å². The highest BCUT2D eigenvalue weighted by atomic mass is 16.3. The topological polar surface area (TPSA) is 28.9 Å². The number of hydrogen-bond acceptors (Lipinski definition) is 1. The van der Waals surface area contributed by atoms with Gasteiger partial charge in [0.2, 0.25) is 0 Å². The van der Waals surface area contributed by atoms with Crippen LogP contribution < -0.4 is 0 Å². The molecule has 2 nitrogen and oxygen atoms in total. The van der Waals surface area contributed by atoms with Crippen LogP contribution in [0.25, 0.3) is 98.7 Å². The van der Waals surface area contributed by atoms with Crippen molar-refractivity contribution >= 4 is 65.3 Å². The van der Waals surface area contributed by atoms with Crippen LogP contribution >= 0.6 is 0 Å². The zero-order valence-electron chi connectivity index (χ0n) is 24.9. The summed E-state index contributed by atoms with van der Waals surface area (Å²) in [5, 5.41) is 9.95. The highest BCUT2D eigenvalue weighted by Crippen LogP contribution is 2.42. The molecule has 46 heavy (non-hydrogen) atoms. The van der Waals surface area contributed by atoms with Gasteiger partial charge >= 0.3 is 0 Å². The van der Waals surface area contributed by atoms with Crippen molar-refractivity contribution in [3.63, 3.8) is 0 Å². The highest BCUT2D eigenvalue weighted by molar-refractivity contribution is 6.32. The Labute approximate surface area is 265 Å². The molecule has 0 aliphatic rings. The summed E-state index contributed by atoms with van der Waals surface area (Å²) in [4.78, 5) is 3.89. The molecular formula is C44H27NO. The molecule has 0 amide bonds. The van der Waals surface area contributed by atoms with Crippen molar-refractivity contribution < 1.29 is 4.42 Å². The van der Waals surface area contributed by atoms with Gasteiger partial charge in [0, 0.05) is 32.5 Å². The Bertz CT molecular complexity index is 2810. The minimum absolute atomic E-state index is 0.915. The van der Waals surface area contributed by atoms with Crippen LogP contribution in [0.3, 0.4) is 0 Å². The van der Waals surface area contributed by atoms with E-state index in [-0.39, 0.29) is 0 Å². The lowest BCUT2D eigenvalue weighted by Crippen LogP contribution is -1.85. The Morgan fingerprint density at radius 3 is 1.63 bits per heavy atom. The van der Waals surface area contributed by atoms with Crippen molar-refractivity contribution in [2.24, 2.45) is 0 Å². The quantitative estimate of drug-likeness (QED) is 0.205. The second-order valence-electron chi connectivity index (χ2n) is 12.1. The standard InChI is InChI=1S/C44H27NO/c1-3-17-35-33(15-1)34-16-2-4-18-36(34)44-42(35)38-22-9-21-32(43(38)45-44)30-14-8-12-28(26-30)27-11-7-13-29(25-27)31-20-10-24-40-41(31)37-19-5-6-23-39(37)46-40/h1-26,45H. The smallest absolute Gasteiger partial charge is 0.136 e. The van der Waals surface area contributed by atoms with Gasteiger partial charge in [0.25, 0.3) is 0 Å². The molecule has 0 aliphatic carbocycles. The average Bonchev–Trinajstić information content (AvgIpc) is 3.71. The minimum Gasteiger partial charge on any atom is -0.456 e. The first kappa shape index (κ1) is 25.2. The van der Waals surface area contributed by atoms with E-state index in [4.69, 9.17) is 4.42 Å². The largest absolute Gasteiger partial charge is 0.456 e. The molecule has 0 aliphatic heterocycles. The molecule has 10 rings (SSSR count). The van der Waals surface area contributed by atoms with Crippen LogP contribution in [0.4, 0.5) is 0 Å². The SMILES string of the molecule is c1cc(-c2cccc(-c3cccc4oc5ccccc5c34)c2)cc(-c2cccc3c2[nH]c2c4ccccc4c4ccccc4c32)c1. The van der Waals surface area contributed by atoms with Crippen LogP contribution in [0.5, 0.6) is 0 Å².